The van der Waals surface area contributed by atoms with Crippen LogP contribution in [-0.2, 0) is 6.54 Å². The monoisotopic (exact) mass is 323 g/mol. The van der Waals surface area contributed by atoms with Crippen molar-refractivity contribution in [2.45, 2.75) is 38.4 Å². The van der Waals surface area contributed by atoms with Crippen molar-refractivity contribution < 1.29 is 4.52 Å². The van der Waals surface area contributed by atoms with Crippen LogP contribution in [0.4, 0.5) is 0 Å². The lowest BCUT2D eigenvalue weighted by Crippen LogP contribution is -2.35. The molecular formula is C18H21N5O. The molecule has 1 aliphatic heterocycles. The van der Waals surface area contributed by atoms with Gasteiger partial charge in [0.05, 0.1) is 12.6 Å². The zero-order valence-corrected chi connectivity index (χ0v) is 13.7. The van der Waals surface area contributed by atoms with Crippen molar-refractivity contribution in [1.82, 2.24) is 24.8 Å². The summed E-state index contributed by atoms with van der Waals surface area (Å²) < 4.78 is 7.55. The lowest BCUT2D eigenvalue weighted by molar-refractivity contribution is 0.144. The van der Waals surface area contributed by atoms with Gasteiger partial charge in [-0.2, -0.15) is 10.1 Å². The number of aromatic nitrogens is 4. The Balaban J connectivity index is 1.50. The number of hydrogen-bond acceptors (Lipinski definition) is 5. The van der Waals surface area contributed by atoms with Gasteiger partial charge < -0.3 is 4.52 Å². The standard InChI is InChI=1S/C18H21N5O/c1-14(18-20-17(21-24-18)15-7-3-2-4-8-15)23-12-5-9-16(23)13-22-11-6-10-19-22/h2-4,6-8,10-11,14,16H,5,9,12-13H2,1H3/t14-,16+/m1/s1. The van der Waals surface area contributed by atoms with E-state index in [-0.39, 0.29) is 6.04 Å². The van der Waals surface area contributed by atoms with Crippen molar-refractivity contribution in [2.75, 3.05) is 6.54 Å². The smallest absolute Gasteiger partial charge is 0.244 e. The van der Waals surface area contributed by atoms with Gasteiger partial charge in [0.1, 0.15) is 0 Å². The van der Waals surface area contributed by atoms with E-state index in [1.54, 1.807) is 0 Å². The van der Waals surface area contributed by atoms with E-state index in [0.717, 1.165) is 18.7 Å². The van der Waals surface area contributed by atoms with Crippen LogP contribution in [0.1, 0.15) is 31.7 Å². The highest BCUT2D eigenvalue weighted by Crippen LogP contribution is 2.30. The predicted octanol–water partition coefficient (Wildman–Crippen LogP) is 3.16. The van der Waals surface area contributed by atoms with Gasteiger partial charge in [-0.3, -0.25) is 9.58 Å². The summed E-state index contributed by atoms with van der Waals surface area (Å²) in [6.45, 7) is 4.09. The molecule has 1 aromatic carbocycles. The molecule has 0 saturated carbocycles. The van der Waals surface area contributed by atoms with Gasteiger partial charge >= 0.3 is 0 Å². The minimum Gasteiger partial charge on any atom is -0.337 e. The van der Waals surface area contributed by atoms with Crippen LogP contribution in [0.25, 0.3) is 11.4 Å². The normalized spacial score (nSPS) is 19.6. The second-order valence-corrected chi connectivity index (χ2v) is 6.26. The second kappa shape index (κ2) is 6.57. The third kappa shape index (κ3) is 2.97. The molecular weight excluding hydrogens is 302 g/mol. The molecule has 0 N–H and O–H groups in total. The summed E-state index contributed by atoms with van der Waals surface area (Å²) in [6, 6.07) is 12.5. The molecule has 3 heterocycles. The van der Waals surface area contributed by atoms with E-state index in [1.807, 2.05) is 53.5 Å². The van der Waals surface area contributed by atoms with Crippen LogP contribution in [0.15, 0.2) is 53.3 Å². The SMILES string of the molecule is C[C@H](c1nc(-c2ccccc2)no1)N1CCC[C@H]1Cn1cccn1. The quantitative estimate of drug-likeness (QED) is 0.722. The molecule has 4 rings (SSSR count). The maximum Gasteiger partial charge on any atom is 0.244 e. The van der Waals surface area contributed by atoms with E-state index >= 15 is 0 Å². The summed E-state index contributed by atoms with van der Waals surface area (Å²) >= 11 is 0. The summed E-state index contributed by atoms with van der Waals surface area (Å²) in [5.74, 6) is 1.33. The first kappa shape index (κ1) is 15.1. The first-order chi connectivity index (χ1) is 11.8. The lowest BCUT2D eigenvalue weighted by Gasteiger charge is -2.28. The van der Waals surface area contributed by atoms with Crippen molar-refractivity contribution in [3.8, 4) is 11.4 Å². The van der Waals surface area contributed by atoms with Gasteiger partial charge in [-0.05, 0) is 32.4 Å². The summed E-state index contributed by atoms with van der Waals surface area (Å²) in [6.07, 6.45) is 6.20. The minimum absolute atomic E-state index is 0.109. The zero-order chi connectivity index (χ0) is 16.4. The fraction of sp³-hybridized carbons (Fsp3) is 0.389. The highest BCUT2D eigenvalue weighted by atomic mass is 16.5. The van der Waals surface area contributed by atoms with E-state index in [2.05, 4.69) is 27.1 Å². The van der Waals surface area contributed by atoms with Crippen LogP contribution in [0.5, 0.6) is 0 Å². The molecule has 0 aliphatic carbocycles. The maximum absolute atomic E-state index is 5.55. The minimum atomic E-state index is 0.109. The molecule has 1 fully saturated rings. The topological polar surface area (TPSA) is 60.0 Å². The summed E-state index contributed by atoms with van der Waals surface area (Å²) in [5.41, 5.74) is 0.981. The molecule has 0 amide bonds. The highest BCUT2D eigenvalue weighted by molar-refractivity contribution is 5.53. The van der Waals surface area contributed by atoms with Gasteiger partial charge in [-0.15, -0.1) is 0 Å². The number of hydrogen-bond donors (Lipinski definition) is 0. The van der Waals surface area contributed by atoms with E-state index in [1.165, 1.54) is 12.8 Å². The third-order valence-corrected chi connectivity index (χ3v) is 4.71. The molecule has 0 unspecified atom stereocenters. The van der Waals surface area contributed by atoms with Crippen LogP contribution >= 0.6 is 0 Å². The fourth-order valence-corrected chi connectivity index (χ4v) is 3.44. The molecule has 124 valence electrons. The van der Waals surface area contributed by atoms with E-state index < -0.39 is 0 Å². The molecule has 0 spiro atoms. The number of benzene rings is 1. The molecule has 6 nitrogen and oxygen atoms in total. The van der Waals surface area contributed by atoms with E-state index in [0.29, 0.717) is 17.8 Å². The largest absolute Gasteiger partial charge is 0.337 e. The van der Waals surface area contributed by atoms with Crippen molar-refractivity contribution in [3.05, 3.63) is 54.7 Å². The number of likely N-dealkylation sites (tertiary alicyclic amines) is 1. The Labute approximate surface area is 141 Å². The Morgan fingerprint density at radius 2 is 2.12 bits per heavy atom. The molecule has 2 aromatic heterocycles. The first-order valence-corrected chi connectivity index (χ1v) is 8.43. The number of rotatable bonds is 5. The Hall–Kier alpha value is -2.47. The Morgan fingerprint density at radius 3 is 2.92 bits per heavy atom. The van der Waals surface area contributed by atoms with Crippen LogP contribution in [0.3, 0.4) is 0 Å². The van der Waals surface area contributed by atoms with Gasteiger partial charge in [-0.1, -0.05) is 35.5 Å². The summed E-state index contributed by atoms with van der Waals surface area (Å²) in [7, 11) is 0. The molecule has 6 heteroatoms. The third-order valence-electron chi connectivity index (χ3n) is 4.71. The molecule has 24 heavy (non-hydrogen) atoms. The van der Waals surface area contributed by atoms with Crippen LogP contribution in [0.2, 0.25) is 0 Å². The Bertz CT molecular complexity index is 768. The van der Waals surface area contributed by atoms with Gasteiger partial charge in [-0.25, -0.2) is 0 Å². The van der Waals surface area contributed by atoms with Crippen molar-refractivity contribution in [1.29, 1.82) is 0 Å². The molecule has 3 aromatic rings. The van der Waals surface area contributed by atoms with Gasteiger partial charge in [0, 0.05) is 24.0 Å². The second-order valence-electron chi connectivity index (χ2n) is 6.26. The van der Waals surface area contributed by atoms with Crippen LogP contribution in [-0.4, -0.2) is 37.4 Å². The van der Waals surface area contributed by atoms with E-state index in [9.17, 15) is 0 Å². The summed E-state index contributed by atoms with van der Waals surface area (Å²) in [5, 5.41) is 8.48. The first-order valence-electron chi connectivity index (χ1n) is 8.43. The van der Waals surface area contributed by atoms with Crippen LogP contribution in [0, 0.1) is 0 Å². The maximum atomic E-state index is 5.55. The summed E-state index contributed by atoms with van der Waals surface area (Å²) in [4.78, 5) is 7.06. The predicted molar refractivity (Wildman–Crippen MR) is 90.1 cm³/mol. The van der Waals surface area contributed by atoms with Gasteiger partial charge in [0.15, 0.2) is 0 Å². The molecule has 1 aliphatic rings. The Morgan fingerprint density at radius 1 is 1.25 bits per heavy atom. The van der Waals surface area contributed by atoms with Crippen molar-refractivity contribution in [3.63, 3.8) is 0 Å². The van der Waals surface area contributed by atoms with Gasteiger partial charge in [0.25, 0.3) is 0 Å². The number of nitrogens with zero attached hydrogens (tertiary/aromatic N) is 5. The highest BCUT2D eigenvalue weighted by Gasteiger charge is 2.32. The molecule has 0 radical (unpaired) electrons. The molecule has 0 bridgehead atoms. The van der Waals surface area contributed by atoms with E-state index in [4.69, 9.17) is 4.52 Å². The lowest BCUT2D eigenvalue weighted by atomic mass is 10.2. The zero-order valence-electron chi connectivity index (χ0n) is 13.7. The van der Waals surface area contributed by atoms with Gasteiger partial charge in [0.2, 0.25) is 11.7 Å². The van der Waals surface area contributed by atoms with Crippen molar-refractivity contribution >= 4 is 0 Å². The average molecular weight is 323 g/mol. The Kier molecular flexibility index (Phi) is 4.13. The van der Waals surface area contributed by atoms with Crippen molar-refractivity contribution in [2.24, 2.45) is 0 Å². The molecule has 2 atom stereocenters. The molecule has 1 saturated heterocycles. The van der Waals surface area contributed by atoms with Crippen LogP contribution < -0.4 is 0 Å². The fourth-order valence-electron chi connectivity index (χ4n) is 3.44. The average Bonchev–Trinajstić information content (AvgIpc) is 3.37.